The molecule has 0 saturated carbocycles. The molecule has 4 N–H and O–H groups in total. The number of piperidine rings is 2. The fraction of sp³-hybridized carbons (Fsp3) is 0.472. The molecule has 17 nitrogen and oxygen atoms in total. The fourth-order valence-electron chi connectivity index (χ4n) is 11.5. The van der Waals surface area contributed by atoms with E-state index in [1.807, 2.05) is 68.1 Å². The van der Waals surface area contributed by atoms with Crippen molar-refractivity contribution >= 4 is 97.2 Å². The fourth-order valence-corrected chi connectivity index (χ4v) is 13.3. The Morgan fingerprint density at radius 1 is 0.903 bits per heavy atom. The van der Waals surface area contributed by atoms with Crippen molar-refractivity contribution in [1.82, 2.24) is 30.1 Å². The highest BCUT2D eigenvalue weighted by molar-refractivity contribution is 9.10. The number of hydrogen-bond acceptors (Lipinski definition) is 14. The first-order valence-electron chi connectivity index (χ1n) is 25.1. The second-order valence-electron chi connectivity index (χ2n) is 20.8. The number of pyridine rings is 1. The zero-order valence-electron chi connectivity index (χ0n) is 42.2. The van der Waals surface area contributed by atoms with Gasteiger partial charge >= 0.3 is 0 Å². The summed E-state index contributed by atoms with van der Waals surface area (Å²) in [5.41, 5.74) is 7.21. The first-order chi connectivity index (χ1) is 34.4. The van der Waals surface area contributed by atoms with Gasteiger partial charge in [-0.15, -0.1) is 0 Å². The van der Waals surface area contributed by atoms with Crippen LogP contribution in [-0.2, 0) is 30.8 Å². The van der Waals surface area contributed by atoms with Gasteiger partial charge in [-0.2, -0.15) is 4.98 Å². The number of benzene rings is 3. The van der Waals surface area contributed by atoms with E-state index in [9.17, 15) is 24.1 Å². The van der Waals surface area contributed by atoms with Gasteiger partial charge in [0.15, 0.2) is 0 Å². The van der Waals surface area contributed by atoms with Gasteiger partial charge in [0.1, 0.15) is 31.0 Å². The molecule has 7 heterocycles. The van der Waals surface area contributed by atoms with Crippen molar-refractivity contribution in [3.8, 4) is 5.75 Å². The zero-order chi connectivity index (χ0) is 50.8. The van der Waals surface area contributed by atoms with Crippen LogP contribution in [0.3, 0.4) is 0 Å². The lowest BCUT2D eigenvalue weighted by atomic mass is 9.83. The van der Waals surface area contributed by atoms with E-state index in [0.29, 0.717) is 72.7 Å². The third-order valence-electron chi connectivity index (χ3n) is 15.4. The molecule has 0 radical (unpaired) electrons. The second-order valence-corrected chi connectivity index (χ2v) is 24.8. The van der Waals surface area contributed by atoms with Crippen LogP contribution in [0.1, 0.15) is 63.3 Å². The minimum atomic E-state index is -2.74. The van der Waals surface area contributed by atoms with Gasteiger partial charge in [-0.1, -0.05) is 19.1 Å². The highest BCUT2D eigenvalue weighted by Gasteiger charge is 2.51. The van der Waals surface area contributed by atoms with Gasteiger partial charge in [0.25, 0.3) is 0 Å². The number of methoxy groups -OCH3 is 1. The van der Waals surface area contributed by atoms with Gasteiger partial charge in [0.05, 0.1) is 45.5 Å². The van der Waals surface area contributed by atoms with Gasteiger partial charge in [-0.3, -0.25) is 29.2 Å². The molecule has 380 valence electrons. The van der Waals surface area contributed by atoms with Crippen molar-refractivity contribution in [3.05, 3.63) is 82.1 Å². The molecule has 4 fully saturated rings. The molecule has 0 aliphatic carbocycles. The van der Waals surface area contributed by atoms with E-state index in [-0.39, 0.29) is 23.6 Å². The Morgan fingerprint density at radius 3 is 2.33 bits per heavy atom. The minimum Gasteiger partial charge on any atom is -0.494 e. The van der Waals surface area contributed by atoms with Crippen LogP contribution < -0.4 is 40.7 Å². The number of amides is 3. The molecule has 19 heteroatoms. The Labute approximate surface area is 429 Å². The van der Waals surface area contributed by atoms with Crippen LogP contribution in [0.5, 0.6) is 5.75 Å². The van der Waals surface area contributed by atoms with Crippen LogP contribution >= 0.6 is 23.1 Å². The first-order valence-corrected chi connectivity index (χ1v) is 28.5. The van der Waals surface area contributed by atoms with E-state index < -0.39 is 24.8 Å². The average molecular weight is 1060 g/mol. The lowest BCUT2D eigenvalue weighted by Crippen LogP contribution is -2.59. The Kier molecular flexibility index (Phi) is 13.5. The number of anilines is 7. The highest BCUT2D eigenvalue weighted by Crippen LogP contribution is 2.50. The predicted molar refractivity (Wildman–Crippen MR) is 287 cm³/mol. The number of aromatic nitrogens is 3. The molecule has 2 atom stereocenters. The lowest BCUT2D eigenvalue weighted by Gasteiger charge is -2.46. The third kappa shape index (κ3) is 9.28. The summed E-state index contributed by atoms with van der Waals surface area (Å²) in [5, 5.41) is 21.0. The maximum absolute atomic E-state index is 13.9. The van der Waals surface area contributed by atoms with Gasteiger partial charge < -0.3 is 45.1 Å². The van der Waals surface area contributed by atoms with Crippen LogP contribution in [0, 0.1) is 12.8 Å². The number of aliphatic hydroxyl groups excluding tert-OH is 1. The third-order valence-corrected chi connectivity index (χ3v) is 17.5. The Morgan fingerprint density at radius 2 is 1.64 bits per heavy atom. The Hall–Kier alpha value is -5.81. The first kappa shape index (κ1) is 49.8. The van der Waals surface area contributed by atoms with Crippen LogP contribution in [0.2, 0.25) is 0 Å². The standard InChI is InChI=1S/C53H65BrN11O6P/c1-8-32-26-39(58-52-55-28-36(54)48(60-52)57-38-15-14-37-35(13-12-31(2)56-37)47(38)72(6,7)70)44(71-5)27-43(32)62-20-18-34(19-21-62)61-22-24-63(25-23-61)50(68)33-29-64(30-33)40-10-9-11-41-46(40)53(3,4)51(69)65(41)42-16-17-45(66)59-49(42)67/h9-15,26-28,33-34,42,45,66H,8,16-25,29-30H2,1-7H3,(H,59,67)(H2,55,57,58,60). The monoisotopic (exact) mass is 1060 g/mol. The normalized spacial score (nSPS) is 20.9. The number of halogens is 1. The number of nitrogens with one attached hydrogen (secondary N) is 3. The van der Waals surface area contributed by atoms with E-state index in [2.05, 4.69) is 75.6 Å². The number of ether oxygens (including phenoxy) is 1. The maximum Gasteiger partial charge on any atom is 0.245 e. The van der Waals surface area contributed by atoms with E-state index in [1.165, 1.54) is 5.56 Å². The number of rotatable bonds is 12. The summed E-state index contributed by atoms with van der Waals surface area (Å²) in [6.45, 7) is 17.6. The van der Waals surface area contributed by atoms with Crippen molar-refractivity contribution in [3.63, 3.8) is 0 Å². The van der Waals surface area contributed by atoms with Crippen LogP contribution in [0.15, 0.2) is 65.3 Å². The molecule has 5 aromatic rings. The minimum absolute atomic E-state index is 0.114. The number of aliphatic hydroxyl groups is 1. The van der Waals surface area contributed by atoms with E-state index in [4.69, 9.17) is 9.72 Å². The van der Waals surface area contributed by atoms with E-state index in [1.54, 1.807) is 31.5 Å². The Bertz CT molecular complexity index is 3000. The van der Waals surface area contributed by atoms with Crippen molar-refractivity contribution in [1.29, 1.82) is 0 Å². The summed E-state index contributed by atoms with van der Waals surface area (Å²) >= 11 is 3.62. The van der Waals surface area contributed by atoms with Crippen molar-refractivity contribution in [2.45, 2.75) is 83.5 Å². The van der Waals surface area contributed by atoms with Gasteiger partial charge in [0.2, 0.25) is 23.7 Å². The molecule has 5 aliphatic rings. The summed E-state index contributed by atoms with van der Waals surface area (Å²) in [5.74, 6) is 1.20. The molecular formula is C53H65BrN11O6P. The predicted octanol–water partition coefficient (Wildman–Crippen LogP) is 6.87. The van der Waals surface area contributed by atoms with Gasteiger partial charge in [-0.25, -0.2) is 4.98 Å². The smallest absolute Gasteiger partial charge is 0.245 e. The van der Waals surface area contributed by atoms with E-state index in [0.717, 1.165) is 95.7 Å². The molecule has 2 unspecified atom stereocenters. The van der Waals surface area contributed by atoms with Crippen LogP contribution in [0.4, 0.5) is 40.2 Å². The summed E-state index contributed by atoms with van der Waals surface area (Å²) in [4.78, 5) is 65.7. The number of carbonyl (C=O) groups is 3. The lowest BCUT2D eigenvalue weighted by molar-refractivity contribution is -0.138. The molecule has 2 aromatic heterocycles. The molecule has 4 saturated heterocycles. The summed E-state index contributed by atoms with van der Waals surface area (Å²) in [6.07, 6.45) is 4.43. The molecule has 3 amide bonds. The number of hydrogen-bond donors (Lipinski definition) is 4. The molecular weight excluding hydrogens is 998 g/mol. The highest BCUT2D eigenvalue weighted by atomic mass is 79.9. The topological polar surface area (TPSA) is 189 Å². The summed E-state index contributed by atoms with van der Waals surface area (Å²) in [7, 11) is -1.07. The summed E-state index contributed by atoms with van der Waals surface area (Å²) in [6, 6.07) is 17.6. The molecule has 0 spiro atoms. The number of carbonyl (C=O) groups excluding carboxylic acids is 3. The summed E-state index contributed by atoms with van der Waals surface area (Å²) < 4.78 is 20.3. The molecule has 0 bridgehead atoms. The van der Waals surface area contributed by atoms with Crippen LogP contribution in [-0.4, -0.2) is 139 Å². The molecule has 10 rings (SSSR count). The number of fused-ring (bicyclic) bond motifs is 2. The Balaban J connectivity index is 0.743. The molecule has 3 aromatic carbocycles. The largest absolute Gasteiger partial charge is 0.494 e. The van der Waals surface area contributed by atoms with Crippen LogP contribution in [0.25, 0.3) is 10.9 Å². The number of aryl methyl sites for hydroxylation is 2. The van der Waals surface area contributed by atoms with Crippen molar-refractivity contribution < 1.29 is 28.8 Å². The van der Waals surface area contributed by atoms with E-state index >= 15 is 0 Å². The second kappa shape index (κ2) is 19.6. The van der Waals surface area contributed by atoms with Crippen molar-refractivity contribution in [2.24, 2.45) is 5.92 Å². The number of piperazine rings is 1. The maximum atomic E-state index is 13.9. The quantitative estimate of drug-likeness (QED) is 0.0948. The molecule has 72 heavy (non-hydrogen) atoms. The zero-order valence-corrected chi connectivity index (χ0v) is 44.6. The number of nitrogens with zero attached hydrogens (tertiary/aromatic N) is 8. The van der Waals surface area contributed by atoms with Gasteiger partial charge in [0, 0.05) is 104 Å². The molecule has 5 aliphatic heterocycles. The average Bonchev–Trinajstić information content (AvgIpc) is 3.55. The van der Waals surface area contributed by atoms with Gasteiger partial charge in [-0.05, 0) is 124 Å². The SMILES string of the molecule is CCc1cc(Nc2ncc(Br)c(Nc3ccc4nc(C)ccc4c3P(C)(C)=O)n2)c(OC)cc1N1CCC(N2CCN(C(=O)C3CN(c4cccc5c4C(C)(C)C(=O)N5C4CCC(O)NC4=O)C3)CC2)CC1. The van der Waals surface area contributed by atoms with Crippen molar-refractivity contribution in [2.75, 3.05) is 98.1 Å².